The Kier molecular flexibility index (Phi) is 10.8. The van der Waals surface area contributed by atoms with Gasteiger partial charge in [0.15, 0.2) is 0 Å². The molecule has 7 nitrogen and oxygen atoms in total. The van der Waals surface area contributed by atoms with E-state index < -0.39 is 40.2 Å². The van der Waals surface area contributed by atoms with E-state index in [1.165, 1.54) is 0 Å². The van der Waals surface area contributed by atoms with E-state index in [1.54, 1.807) is 0 Å². The molecule has 0 bridgehead atoms. The zero-order valence-electron chi connectivity index (χ0n) is 34.6. The molecule has 2 heterocycles. The summed E-state index contributed by atoms with van der Waals surface area (Å²) in [6.45, 7) is 35.6. The van der Waals surface area contributed by atoms with Gasteiger partial charge in [-0.2, -0.15) is 0 Å². The summed E-state index contributed by atoms with van der Waals surface area (Å²) in [5, 5.41) is 21.7. The van der Waals surface area contributed by atoms with Gasteiger partial charge in [-0.25, -0.2) is 0 Å². The molecule has 1 unspecified atom stereocenters. The topological polar surface area (TPSA) is 90.3 Å². The average molecular weight is 685 g/mol. The molecule has 2 saturated heterocycles. The van der Waals surface area contributed by atoms with E-state index in [2.05, 4.69) is 147 Å². The van der Waals surface area contributed by atoms with Crippen LogP contribution in [0.15, 0.2) is 12.1 Å². The molecule has 0 amide bonds. The monoisotopic (exact) mass is 685 g/mol. The van der Waals surface area contributed by atoms with Gasteiger partial charge in [-0.05, 0) is 160 Å². The molecule has 2 N–H and O–H groups in total. The van der Waals surface area contributed by atoms with Gasteiger partial charge in [0.2, 0.25) is 0 Å². The van der Waals surface area contributed by atoms with E-state index in [0.29, 0.717) is 0 Å². The first kappa shape index (κ1) is 41.3. The van der Waals surface area contributed by atoms with Crippen LogP contribution in [0.25, 0.3) is 0 Å². The molecule has 3 rings (SSSR count). The number of carbonyl (C=O) groups excluding carboxylic acids is 1. The fraction of sp³-hybridized carbons (Fsp3) is 0.810. The molecule has 1 aromatic carbocycles. The molecule has 0 radical (unpaired) electrons. The Hall–Kier alpha value is -2.12. The Morgan fingerprint density at radius 3 is 1.33 bits per heavy atom. The average Bonchev–Trinajstić information content (AvgIpc) is 2.88. The maximum Gasteiger partial charge on any atom is 0.318 e. The Morgan fingerprint density at radius 1 is 0.735 bits per heavy atom. The molecule has 280 valence electrons. The lowest BCUT2D eigenvalue weighted by Gasteiger charge is -2.66. The predicted molar refractivity (Wildman–Crippen MR) is 201 cm³/mol. The molecule has 1 aromatic rings. The largest absolute Gasteiger partial charge is 0.507 e. The normalized spacial score (nSPS) is 23.6. The highest BCUT2D eigenvalue weighted by atomic mass is 16.6. The van der Waals surface area contributed by atoms with Gasteiger partial charge in [0.1, 0.15) is 17.8 Å². The number of ether oxygens (including phenoxy) is 1. The van der Waals surface area contributed by atoms with Crippen LogP contribution in [0.5, 0.6) is 5.75 Å². The van der Waals surface area contributed by atoms with Crippen LogP contribution >= 0.6 is 0 Å². The zero-order valence-corrected chi connectivity index (χ0v) is 34.6. The number of nitrogens with zero attached hydrogens (tertiary/aromatic N) is 2. The highest BCUT2D eigenvalue weighted by Gasteiger charge is 2.65. The molecule has 1 atom stereocenters. The van der Waals surface area contributed by atoms with E-state index in [0.717, 1.165) is 48.8 Å². The van der Waals surface area contributed by atoms with Gasteiger partial charge in [-0.3, -0.25) is 19.4 Å². The first-order valence-electron chi connectivity index (χ1n) is 18.6. The van der Waals surface area contributed by atoms with Crippen molar-refractivity contribution in [2.75, 3.05) is 14.1 Å². The second-order valence-corrected chi connectivity index (χ2v) is 20.5. The molecule has 7 heteroatoms. The number of carboxylic acid groups (broad SMARTS) is 1. The van der Waals surface area contributed by atoms with Crippen LogP contribution in [0, 0.1) is 17.3 Å². The third kappa shape index (κ3) is 7.45. The maximum atomic E-state index is 13.9. The Morgan fingerprint density at radius 2 is 1.06 bits per heavy atom. The van der Waals surface area contributed by atoms with Crippen molar-refractivity contribution in [2.24, 2.45) is 17.3 Å². The molecule has 0 spiro atoms. The Labute approximate surface area is 299 Å². The van der Waals surface area contributed by atoms with E-state index in [1.807, 2.05) is 0 Å². The van der Waals surface area contributed by atoms with Gasteiger partial charge in [-0.15, -0.1) is 0 Å². The molecule has 0 aromatic heterocycles. The summed E-state index contributed by atoms with van der Waals surface area (Å²) in [4.78, 5) is 31.0. The number of aromatic hydroxyl groups is 1. The van der Waals surface area contributed by atoms with Gasteiger partial charge < -0.3 is 14.9 Å². The lowest BCUT2D eigenvalue weighted by atomic mass is 9.46. The number of likely N-dealkylation sites (tertiary alicyclic amines) is 2. The number of esters is 1. The third-order valence-corrected chi connectivity index (χ3v) is 13.4. The highest BCUT2D eigenvalue weighted by Crippen LogP contribution is 2.65. The van der Waals surface area contributed by atoms with E-state index in [4.69, 9.17) is 4.74 Å². The van der Waals surface area contributed by atoms with E-state index >= 15 is 0 Å². The number of rotatable bonds is 8. The van der Waals surface area contributed by atoms with Crippen LogP contribution in [-0.2, 0) is 30.8 Å². The quantitative estimate of drug-likeness (QED) is 0.208. The van der Waals surface area contributed by atoms with Gasteiger partial charge in [0, 0.05) is 27.6 Å². The van der Waals surface area contributed by atoms with Gasteiger partial charge in [-0.1, -0.05) is 48.5 Å². The lowest BCUT2D eigenvalue weighted by molar-refractivity contribution is -0.225. The predicted octanol–water partition coefficient (Wildman–Crippen LogP) is 9.41. The van der Waals surface area contributed by atoms with Crippen molar-refractivity contribution in [3.8, 4) is 5.75 Å². The highest BCUT2D eigenvalue weighted by molar-refractivity contribution is 5.90. The summed E-state index contributed by atoms with van der Waals surface area (Å²) in [7, 11) is 4.45. The van der Waals surface area contributed by atoms with Crippen molar-refractivity contribution in [1.29, 1.82) is 0 Å². The van der Waals surface area contributed by atoms with Crippen molar-refractivity contribution < 1.29 is 24.5 Å². The first-order chi connectivity index (χ1) is 21.8. The molecular formula is C42H72N2O5. The van der Waals surface area contributed by atoms with Gasteiger partial charge >= 0.3 is 11.9 Å². The number of phenolic OH excluding ortho intramolecular Hbond substituents is 1. The van der Waals surface area contributed by atoms with Crippen molar-refractivity contribution in [3.63, 3.8) is 0 Å². The summed E-state index contributed by atoms with van der Waals surface area (Å²) >= 11 is 0. The smallest absolute Gasteiger partial charge is 0.318 e. The first-order valence-corrected chi connectivity index (χ1v) is 18.6. The third-order valence-electron chi connectivity index (χ3n) is 13.4. The van der Waals surface area contributed by atoms with Crippen LogP contribution in [0.3, 0.4) is 0 Å². The van der Waals surface area contributed by atoms with Gasteiger partial charge in [0.25, 0.3) is 0 Å². The SMILES string of the molecule is CCC(C1CC(C)(C)N(C)C(C)(C)C1)(C1CC(C)(C)N(C)C(C)(C)C1)C(C)(OC(=O)CC(=O)O)c1cc(C(C)(C)C)c(O)c(C(C)(C)C)c1. The summed E-state index contributed by atoms with van der Waals surface area (Å²) in [6.07, 6.45) is 3.63. The van der Waals surface area contributed by atoms with Gasteiger partial charge in [0.05, 0.1) is 0 Å². The Balaban J connectivity index is 2.61. The minimum atomic E-state index is -1.22. The molecule has 2 aliphatic rings. The minimum absolute atomic E-state index is 0.131. The number of piperidine rings is 2. The number of carbonyl (C=O) groups is 2. The Bertz CT molecular complexity index is 1300. The number of carboxylic acids is 1. The maximum absolute atomic E-state index is 13.9. The van der Waals surface area contributed by atoms with Crippen molar-refractivity contribution in [3.05, 3.63) is 28.8 Å². The number of hydrogen-bond acceptors (Lipinski definition) is 6. The van der Waals surface area contributed by atoms with Crippen molar-refractivity contribution >= 4 is 11.9 Å². The summed E-state index contributed by atoms with van der Waals surface area (Å²) in [5.41, 5.74) is -0.752. The standard InChI is InChI=1S/C42H72N2O5/c1-19-42(28-23-37(8,9)43(17)38(10,11)24-28,29-25-39(12,13)44(18)40(14,15)26-29)41(16,49-33(47)22-32(45)46)27-20-30(35(2,3)4)34(48)31(21-27)36(5,6)7/h20-21,28-29,48H,19,22-26H2,1-18H3,(H,45,46). The molecule has 2 aliphatic heterocycles. The summed E-state index contributed by atoms with van der Waals surface area (Å²) < 4.78 is 6.87. The fourth-order valence-corrected chi connectivity index (χ4v) is 10.4. The van der Waals surface area contributed by atoms with E-state index in [9.17, 15) is 19.8 Å². The van der Waals surface area contributed by atoms with Crippen LogP contribution in [0.4, 0.5) is 0 Å². The molecule has 0 aliphatic carbocycles. The molecule has 0 saturated carbocycles. The van der Waals surface area contributed by atoms with Crippen molar-refractivity contribution in [2.45, 2.75) is 188 Å². The second kappa shape index (κ2) is 12.8. The molecular weight excluding hydrogens is 612 g/mol. The van der Waals surface area contributed by atoms with Crippen molar-refractivity contribution in [1.82, 2.24) is 9.80 Å². The number of aliphatic carboxylic acids is 1. The van der Waals surface area contributed by atoms with Crippen LogP contribution in [-0.4, -0.2) is 68.2 Å². The number of hydrogen-bond donors (Lipinski definition) is 2. The van der Waals surface area contributed by atoms with Crippen LogP contribution < -0.4 is 0 Å². The summed E-state index contributed by atoms with van der Waals surface area (Å²) in [5.74, 6) is -1.40. The molecule has 2 fully saturated rings. The zero-order chi connectivity index (χ0) is 38.1. The minimum Gasteiger partial charge on any atom is -0.507 e. The van der Waals surface area contributed by atoms with Crippen LogP contribution in [0.1, 0.15) is 166 Å². The van der Waals surface area contributed by atoms with E-state index in [-0.39, 0.29) is 39.7 Å². The number of phenols is 1. The number of benzene rings is 1. The summed E-state index contributed by atoms with van der Waals surface area (Å²) in [6, 6.07) is 4.14. The fourth-order valence-electron chi connectivity index (χ4n) is 10.4. The van der Waals surface area contributed by atoms with Crippen LogP contribution in [0.2, 0.25) is 0 Å². The second-order valence-electron chi connectivity index (χ2n) is 20.5. The molecule has 49 heavy (non-hydrogen) atoms. The lowest BCUT2D eigenvalue weighted by Crippen LogP contribution is -2.68.